The van der Waals surface area contributed by atoms with Gasteiger partial charge >= 0.3 is 0 Å². The standard InChI is InChI=1S/C22H33N5O7S/c1-8-14(2)24-20(28)19-15(3)21(26(25-19)22(4,5)6)34-17-10-9-16(27(29)30)13-18(17)35(31,32)23-11-12-33-7/h9-10,13-14,23H,8,11-12H2,1-7H3,(H,24,28). The molecule has 1 atom stereocenters. The first-order chi connectivity index (χ1) is 16.2. The zero-order chi connectivity index (χ0) is 26.6. The number of methoxy groups -OCH3 is 1. The molecule has 0 radical (unpaired) electrons. The zero-order valence-corrected chi connectivity index (χ0v) is 21.9. The fraction of sp³-hybridized carbons (Fsp3) is 0.545. The summed E-state index contributed by atoms with van der Waals surface area (Å²) in [4.78, 5) is 23.0. The molecule has 2 rings (SSSR count). The van der Waals surface area contributed by atoms with Gasteiger partial charge in [-0.3, -0.25) is 14.9 Å². The number of non-ortho nitro benzene ring substituents is 1. The Morgan fingerprint density at radius 2 is 1.97 bits per heavy atom. The van der Waals surface area contributed by atoms with Crippen molar-refractivity contribution in [2.45, 2.75) is 64.4 Å². The van der Waals surface area contributed by atoms with Crippen LogP contribution < -0.4 is 14.8 Å². The van der Waals surface area contributed by atoms with Crippen LogP contribution in [0.4, 0.5) is 5.69 Å². The molecule has 1 amide bonds. The van der Waals surface area contributed by atoms with Crippen molar-refractivity contribution in [2.24, 2.45) is 0 Å². The smallest absolute Gasteiger partial charge is 0.272 e. The Kier molecular flexibility index (Phi) is 8.98. The van der Waals surface area contributed by atoms with Crippen molar-refractivity contribution < 1.29 is 27.6 Å². The number of nitro groups is 1. The summed E-state index contributed by atoms with van der Waals surface area (Å²) in [5, 5.41) is 18.6. The van der Waals surface area contributed by atoms with E-state index in [9.17, 15) is 23.3 Å². The average Bonchev–Trinajstić information content (AvgIpc) is 3.10. The van der Waals surface area contributed by atoms with Crippen LogP contribution in [0.2, 0.25) is 0 Å². The summed E-state index contributed by atoms with van der Waals surface area (Å²) in [6.07, 6.45) is 0.730. The molecule has 2 N–H and O–H groups in total. The summed E-state index contributed by atoms with van der Waals surface area (Å²) in [6, 6.07) is 3.21. The van der Waals surface area contributed by atoms with E-state index in [4.69, 9.17) is 9.47 Å². The number of ether oxygens (including phenoxy) is 2. The number of rotatable bonds is 11. The molecule has 1 aromatic carbocycles. The van der Waals surface area contributed by atoms with E-state index in [1.54, 1.807) is 6.92 Å². The molecule has 0 aliphatic carbocycles. The van der Waals surface area contributed by atoms with E-state index in [1.165, 1.54) is 17.9 Å². The fourth-order valence-corrected chi connectivity index (χ4v) is 4.19. The largest absolute Gasteiger partial charge is 0.438 e. The van der Waals surface area contributed by atoms with Crippen molar-refractivity contribution in [1.29, 1.82) is 0 Å². The van der Waals surface area contributed by atoms with Gasteiger partial charge in [-0.15, -0.1) is 0 Å². The Morgan fingerprint density at radius 1 is 1.31 bits per heavy atom. The number of nitrogens with one attached hydrogen (secondary N) is 2. The quantitative estimate of drug-likeness (QED) is 0.265. The summed E-state index contributed by atoms with van der Waals surface area (Å²) >= 11 is 0. The fourth-order valence-electron chi connectivity index (χ4n) is 3.03. The number of nitro benzene ring substituents is 1. The molecule has 0 spiro atoms. The molecular formula is C22H33N5O7S. The number of sulfonamides is 1. The molecule has 0 fully saturated rings. The van der Waals surface area contributed by atoms with Gasteiger partial charge in [0.2, 0.25) is 15.9 Å². The number of hydrogen-bond donors (Lipinski definition) is 2. The molecule has 0 aliphatic heterocycles. The first-order valence-electron chi connectivity index (χ1n) is 11.1. The van der Waals surface area contributed by atoms with Gasteiger partial charge in [-0.2, -0.15) is 5.10 Å². The summed E-state index contributed by atoms with van der Waals surface area (Å²) in [7, 11) is -2.78. The van der Waals surface area contributed by atoms with E-state index in [1.807, 2.05) is 34.6 Å². The molecule has 1 heterocycles. The predicted octanol–water partition coefficient (Wildman–Crippen LogP) is 3.10. The molecule has 2 aromatic rings. The van der Waals surface area contributed by atoms with Crippen LogP contribution in [0, 0.1) is 17.0 Å². The summed E-state index contributed by atoms with van der Waals surface area (Å²) in [5.74, 6) is -0.389. The van der Waals surface area contributed by atoms with Crippen molar-refractivity contribution in [3.8, 4) is 11.6 Å². The lowest BCUT2D eigenvalue weighted by Gasteiger charge is -2.23. The van der Waals surface area contributed by atoms with Crippen molar-refractivity contribution in [1.82, 2.24) is 19.8 Å². The van der Waals surface area contributed by atoms with E-state index in [-0.39, 0.29) is 42.4 Å². The van der Waals surface area contributed by atoms with Crippen LogP contribution in [0.15, 0.2) is 23.1 Å². The van der Waals surface area contributed by atoms with E-state index < -0.39 is 31.1 Å². The molecule has 194 valence electrons. The van der Waals surface area contributed by atoms with Gasteiger partial charge in [0.05, 0.1) is 17.1 Å². The second-order valence-electron chi connectivity index (χ2n) is 9.02. The Labute approximate surface area is 205 Å². The van der Waals surface area contributed by atoms with E-state index in [0.717, 1.165) is 18.6 Å². The topological polar surface area (TPSA) is 155 Å². The number of hydrogen-bond acceptors (Lipinski definition) is 8. The van der Waals surface area contributed by atoms with E-state index in [0.29, 0.717) is 5.56 Å². The molecule has 0 bridgehead atoms. The lowest BCUT2D eigenvalue weighted by molar-refractivity contribution is -0.385. The van der Waals surface area contributed by atoms with Crippen LogP contribution in [-0.2, 0) is 20.3 Å². The average molecular weight is 512 g/mol. The third-order valence-electron chi connectivity index (χ3n) is 5.14. The van der Waals surface area contributed by atoms with Crippen LogP contribution in [0.5, 0.6) is 11.6 Å². The van der Waals surface area contributed by atoms with Crippen molar-refractivity contribution in [2.75, 3.05) is 20.3 Å². The number of aromatic nitrogens is 2. The maximum absolute atomic E-state index is 13.0. The van der Waals surface area contributed by atoms with Crippen LogP contribution >= 0.6 is 0 Å². The highest BCUT2D eigenvalue weighted by Gasteiger charge is 2.30. The van der Waals surface area contributed by atoms with Gasteiger partial charge < -0.3 is 14.8 Å². The van der Waals surface area contributed by atoms with Gasteiger partial charge in [0, 0.05) is 37.4 Å². The van der Waals surface area contributed by atoms with E-state index in [2.05, 4.69) is 15.1 Å². The number of benzene rings is 1. The van der Waals surface area contributed by atoms with Gasteiger partial charge in [-0.05, 0) is 47.1 Å². The highest BCUT2D eigenvalue weighted by molar-refractivity contribution is 7.89. The molecule has 1 unspecified atom stereocenters. The summed E-state index contributed by atoms with van der Waals surface area (Å²) in [5.41, 5.74) is -0.514. The monoisotopic (exact) mass is 511 g/mol. The second kappa shape index (κ2) is 11.1. The van der Waals surface area contributed by atoms with Gasteiger partial charge in [-0.25, -0.2) is 17.8 Å². The Balaban J connectivity index is 2.63. The van der Waals surface area contributed by atoms with Gasteiger partial charge in [0.15, 0.2) is 5.69 Å². The van der Waals surface area contributed by atoms with Crippen LogP contribution in [-0.4, -0.2) is 55.3 Å². The first-order valence-corrected chi connectivity index (χ1v) is 12.6. The molecule has 0 aliphatic rings. The lowest BCUT2D eigenvalue weighted by Crippen LogP contribution is -2.33. The van der Waals surface area contributed by atoms with Crippen LogP contribution in [0.25, 0.3) is 0 Å². The summed E-state index contributed by atoms with van der Waals surface area (Å²) in [6.45, 7) is 11.1. The summed E-state index contributed by atoms with van der Waals surface area (Å²) < 4.78 is 40.7. The molecule has 0 saturated heterocycles. The Bertz CT molecular complexity index is 1190. The van der Waals surface area contributed by atoms with Crippen LogP contribution in [0.3, 0.4) is 0 Å². The van der Waals surface area contributed by atoms with Crippen molar-refractivity contribution in [3.05, 3.63) is 39.6 Å². The molecule has 35 heavy (non-hydrogen) atoms. The zero-order valence-electron chi connectivity index (χ0n) is 21.0. The third-order valence-corrected chi connectivity index (χ3v) is 6.62. The highest BCUT2D eigenvalue weighted by atomic mass is 32.2. The maximum atomic E-state index is 13.0. The molecule has 0 saturated carbocycles. The highest BCUT2D eigenvalue weighted by Crippen LogP contribution is 2.36. The first kappa shape index (κ1) is 28.2. The maximum Gasteiger partial charge on any atom is 0.272 e. The minimum Gasteiger partial charge on any atom is -0.438 e. The molecule has 13 heteroatoms. The van der Waals surface area contributed by atoms with Crippen molar-refractivity contribution >= 4 is 21.6 Å². The third kappa shape index (κ3) is 6.77. The number of carbonyl (C=O) groups excluding carboxylic acids is 1. The second-order valence-corrected chi connectivity index (χ2v) is 10.8. The SMILES string of the molecule is CCC(C)NC(=O)c1nn(C(C)(C)C)c(Oc2ccc([N+](=O)[O-])cc2S(=O)(=O)NCCOC)c1C. The van der Waals surface area contributed by atoms with E-state index >= 15 is 0 Å². The van der Waals surface area contributed by atoms with Gasteiger partial charge in [0.25, 0.3) is 11.6 Å². The lowest BCUT2D eigenvalue weighted by atomic mass is 10.1. The minimum atomic E-state index is -4.20. The molecule has 12 nitrogen and oxygen atoms in total. The normalized spacial score (nSPS) is 12.9. The number of amides is 1. The Hall–Kier alpha value is -3.03. The van der Waals surface area contributed by atoms with Gasteiger partial charge in [-0.1, -0.05) is 6.92 Å². The number of carbonyl (C=O) groups is 1. The molecule has 1 aromatic heterocycles. The van der Waals surface area contributed by atoms with Gasteiger partial charge in [0.1, 0.15) is 10.6 Å². The minimum absolute atomic E-state index is 0.0418. The van der Waals surface area contributed by atoms with Crippen molar-refractivity contribution in [3.63, 3.8) is 0 Å². The number of nitrogens with zero attached hydrogens (tertiary/aromatic N) is 3. The van der Waals surface area contributed by atoms with Crippen LogP contribution in [0.1, 0.15) is 57.1 Å². The Morgan fingerprint density at radius 3 is 2.51 bits per heavy atom. The predicted molar refractivity (Wildman–Crippen MR) is 129 cm³/mol. The molecular weight excluding hydrogens is 478 g/mol.